The van der Waals surface area contributed by atoms with E-state index >= 15 is 0 Å². The van der Waals surface area contributed by atoms with Crippen molar-refractivity contribution >= 4 is 19.2 Å². The van der Waals surface area contributed by atoms with E-state index in [4.69, 9.17) is 10.2 Å². The molecule has 0 saturated carbocycles. The zero-order chi connectivity index (χ0) is 19.6. The van der Waals surface area contributed by atoms with Gasteiger partial charge < -0.3 is 10.2 Å². The van der Waals surface area contributed by atoms with E-state index < -0.39 is 19.2 Å². The molecule has 5 heteroatoms. The third kappa shape index (κ3) is 17.7. The van der Waals surface area contributed by atoms with E-state index in [1.54, 1.807) is 24.6 Å². The largest absolute Gasteiger partial charge is 0.478 e. The van der Waals surface area contributed by atoms with Gasteiger partial charge in [0.05, 0.1) is 0 Å². The molecule has 2 N–H and O–H groups in total. The molecule has 0 aromatic heterocycles. The molecule has 0 aromatic rings. The van der Waals surface area contributed by atoms with Crippen molar-refractivity contribution in [2.24, 2.45) is 0 Å². The number of hydrogen-bond acceptors (Lipinski definition) is 2. The third-order valence-electron chi connectivity index (χ3n) is 4.61. The van der Waals surface area contributed by atoms with Crippen LogP contribution >= 0.6 is 7.26 Å². The van der Waals surface area contributed by atoms with E-state index in [1.165, 1.54) is 51.4 Å². The smallest absolute Gasteiger partial charge is 0.328 e. The van der Waals surface area contributed by atoms with E-state index in [1.807, 2.05) is 0 Å². The summed E-state index contributed by atoms with van der Waals surface area (Å²) in [6.07, 6.45) is 19.3. The molecule has 150 valence electrons. The summed E-state index contributed by atoms with van der Waals surface area (Å²) < 4.78 is 0. The molecule has 0 rings (SSSR count). The van der Waals surface area contributed by atoms with Crippen LogP contribution in [0.15, 0.2) is 12.2 Å². The summed E-state index contributed by atoms with van der Waals surface area (Å²) in [5.41, 5.74) is 0. The van der Waals surface area contributed by atoms with Gasteiger partial charge in [-0.3, -0.25) is 0 Å². The van der Waals surface area contributed by atoms with Gasteiger partial charge in [0.1, 0.15) is 0 Å². The summed E-state index contributed by atoms with van der Waals surface area (Å²) in [4.78, 5) is 19.1. The molecule has 0 atom stereocenters. The van der Waals surface area contributed by atoms with Gasteiger partial charge in [-0.1, -0.05) is 0 Å². The number of carbonyl (C=O) groups is 2. The second-order valence-corrected chi connectivity index (χ2v) is 11.9. The average molecular weight is 377 g/mol. The van der Waals surface area contributed by atoms with Crippen molar-refractivity contribution in [3.05, 3.63) is 12.2 Å². The number of carboxylic acids is 2. The van der Waals surface area contributed by atoms with Crippen LogP contribution in [0.1, 0.15) is 79.1 Å². The molecule has 0 aromatic carbocycles. The fraction of sp³-hybridized carbons (Fsp3) is 0.800. The van der Waals surface area contributed by atoms with Gasteiger partial charge in [-0.05, 0) is 0 Å². The molecular weight excluding hydrogens is 335 g/mol. The first-order chi connectivity index (χ1) is 11.9. The van der Waals surface area contributed by atoms with Gasteiger partial charge in [0.25, 0.3) is 0 Å². The van der Waals surface area contributed by atoms with Gasteiger partial charge in [0, 0.05) is 12.2 Å². The summed E-state index contributed by atoms with van der Waals surface area (Å²) in [6, 6.07) is 0. The van der Waals surface area contributed by atoms with E-state index in [0.29, 0.717) is 12.2 Å². The standard InChI is InChI=1S/C16H37P.C4H4O4/c1-5-9-13-17(14-10-6-2,15-11-7-3)16-12-8-4;5-3(6)1-2-4(7)8/h17H,5-16H2,1-4H3;1-2H,(H,5,6)(H,7,8). The van der Waals surface area contributed by atoms with Crippen LogP contribution < -0.4 is 0 Å². The van der Waals surface area contributed by atoms with Crippen molar-refractivity contribution in [3.63, 3.8) is 0 Å². The fourth-order valence-electron chi connectivity index (χ4n) is 3.10. The van der Waals surface area contributed by atoms with Crippen LogP contribution in [0.5, 0.6) is 0 Å². The Kier molecular flexibility index (Phi) is 18.9. The molecular formula is C20H41O4P. The molecule has 0 radical (unpaired) electrons. The van der Waals surface area contributed by atoms with Gasteiger partial charge in [-0.15, -0.1) is 0 Å². The molecule has 0 bridgehead atoms. The van der Waals surface area contributed by atoms with Crippen molar-refractivity contribution in [1.29, 1.82) is 0 Å². The van der Waals surface area contributed by atoms with Crippen LogP contribution in [-0.2, 0) is 9.59 Å². The first-order valence-corrected chi connectivity index (χ1v) is 12.8. The van der Waals surface area contributed by atoms with Gasteiger partial charge in [-0.25, -0.2) is 9.59 Å². The molecule has 0 aliphatic rings. The van der Waals surface area contributed by atoms with E-state index in [9.17, 15) is 9.59 Å². The number of unbranched alkanes of at least 4 members (excludes halogenated alkanes) is 4. The SMILES string of the molecule is CCCC[PH](CCCC)(CCCC)CCCC.O=C(O)C=CC(=O)O. The average Bonchev–Trinajstić information content (AvgIpc) is 2.59. The third-order valence-corrected chi connectivity index (χ3v) is 10.3. The number of rotatable bonds is 14. The number of carboxylic acid groups (broad SMARTS) is 2. The molecule has 0 saturated heterocycles. The van der Waals surface area contributed by atoms with Gasteiger partial charge in [-0.2, -0.15) is 0 Å². The van der Waals surface area contributed by atoms with Gasteiger partial charge >= 0.3 is 123 Å². The summed E-state index contributed by atoms with van der Waals surface area (Å²) in [5.74, 6) is -2.51. The van der Waals surface area contributed by atoms with Crippen LogP contribution in [-0.4, -0.2) is 46.8 Å². The number of aliphatic carboxylic acids is 2. The minimum absolute atomic E-state index is 0.558. The Morgan fingerprint density at radius 2 is 0.880 bits per heavy atom. The molecule has 4 nitrogen and oxygen atoms in total. The monoisotopic (exact) mass is 376 g/mol. The molecule has 0 unspecified atom stereocenters. The number of hydrogen-bond donors (Lipinski definition) is 2. The van der Waals surface area contributed by atoms with E-state index in [-0.39, 0.29) is 0 Å². The first-order valence-electron chi connectivity index (χ1n) is 10.0. The Morgan fingerprint density at radius 3 is 1.04 bits per heavy atom. The molecule has 0 amide bonds. The van der Waals surface area contributed by atoms with E-state index in [2.05, 4.69) is 27.7 Å². The Bertz CT molecular complexity index is 313. The van der Waals surface area contributed by atoms with Gasteiger partial charge in [0.2, 0.25) is 0 Å². The summed E-state index contributed by atoms with van der Waals surface area (Å²) in [6.45, 7) is 9.44. The molecule has 0 aliphatic carbocycles. The van der Waals surface area contributed by atoms with Crippen molar-refractivity contribution in [2.75, 3.05) is 24.6 Å². The molecule has 0 heterocycles. The van der Waals surface area contributed by atoms with Crippen molar-refractivity contribution in [2.45, 2.75) is 79.1 Å². The van der Waals surface area contributed by atoms with Crippen LogP contribution in [0.3, 0.4) is 0 Å². The minimum Gasteiger partial charge on any atom is -0.478 e. The topological polar surface area (TPSA) is 74.6 Å². The Morgan fingerprint density at radius 1 is 0.640 bits per heavy atom. The maximum atomic E-state index is 9.55. The maximum absolute atomic E-state index is 9.55. The molecule has 25 heavy (non-hydrogen) atoms. The Hall–Kier alpha value is -0.890. The molecule has 0 aliphatic heterocycles. The van der Waals surface area contributed by atoms with Crippen molar-refractivity contribution < 1.29 is 19.8 Å². The minimum atomic E-state index is -1.26. The summed E-state index contributed by atoms with van der Waals surface area (Å²) in [7, 11) is -0.879. The molecule has 0 spiro atoms. The maximum Gasteiger partial charge on any atom is 0.328 e. The van der Waals surface area contributed by atoms with Crippen molar-refractivity contribution in [1.82, 2.24) is 0 Å². The zero-order valence-corrected chi connectivity index (χ0v) is 17.9. The first kappa shape index (κ1) is 26.3. The van der Waals surface area contributed by atoms with Crippen LogP contribution in [0.4, 0.5) is 0 Å². The van der Waals surface area contributed by atoms with Crippen LogP contribution in [0.25, 0.3) is 0 Å². The Balaban J connectivity index is 0. The summed E-state index contributed by atoms with van der Waals surface area (Å²) in [5, 5.41) is 15.6. The predicted molar refractivity (Wildman–Crippen MR) is 112 cm³/mol. The summed E-state index contributed by atoms with van der Waals surface area (Å²) >= 11 is 0. The zero-order valence-electron chi connectivity index (χ0n) is 16.9. The van der Waals surface area contributed by atoms with Crippen LogP contribution in [0.2, 0.25) is 0 Å². The second-order valence-electron chi connectivity index (χ2n) is 6.92. The van der Waals surface area contributed by atoms with E-state index in [0.717, 1.165) is 0 Å². The molecule has 0 fully saturated rings. The van der Waals surface area contributed by atoms with Gasteiger partial charge in [0.15, 0.2) is 0 Å². The Labute approximate surface area is 155 Å². The van der Waals surface area contributed by atoms with Crippen molar-refractivity contribution in [3.8, 4) is 0 Å². The predicted octanol–water partition coefficient (Wildman–Crippen LogP) is 5.65. The quantitative estimate of drug-likeness (QED) is 0.303. The second kappa shape index (κ2) is 17.9. The fourth-order valence-corrected chi connectivity index (χ4v) is 9.01. The normalized spacial score (nSPS) is 11.8. The van der Waals surface area contributed by atoms with Crippen LogP contribution in [0, 0.1) is 0 Å².